The second-order valence-electron chi connectivity index (χ2n) is 5.23. The number of aromatic nitrogens is 4. The third kappa shape index (κ3) is 3.74. The number of carbonyl (C=O) groups excluding carboxylic acids is 1. The van der Waals surface area contributed by atoms with Crippen LogP contribution in [0.4, 0.5) is 10.2 Å². The van der Waals surface area contributed by atoms with Crippen LogP contribution in [0.3, 0.4) is 0 Å². The van der Waals surface area contributed by atoms with E-state index in [-0.39, 0.29) is 23.1 Å². The second kappa shape index (κ2) is 7.37. The highest BCUT2D eigenvalue weighted by atomic mass is 79.9. The molecule has 1 aromatic carbocycles. The molecule has 2 heterocycles. The Morgan fingerprint density at radius 2 is 2.16 bits per heavy atom. The smallest absolute Gasteiger partial charge is 0.276 e. The molecule has 0 radical (unpaired) electrons. The number of aryl methyl sites for hydroxylation is 1. The minimum atomic E-state index is -0.416. The summed E-state index contributed by atoms with van der Waals surface area (Å²) in [6, 6.07) is 6.46. The minimum absolute atomic E-state index is 0.245. The van der Waals surface area contributed by atoms with Gasteiger partial charge >= 0.3 is 0 Å². The van der Waals surface area contributed by atoms with E-state index in [2.05, 4.69) is 31.4 Å². The van der Waals surface area contributed by atoms with Crippen LogP contribution < -0.4 is 5.32 Å². The lowest BCUT2D eigenvalue weighted by Gasteiger charge is -2.06. The molecule has 0 atom stereocenters. The zero-order valence-corrected chi connectivity index (χ0v) is 15.6. The molecule has 0 saturated heterocycles. The van der Waals surface area contributed by atoms with E-state index in [1.54, 1.807) is 24.4 Å². The molecule has 0 unspecified atom stereocenters. The summed E-state index contributed by atoms with van der Waals surface area (Å²) in [4.78, 5) is 12.5. The fraction of sp³-hybridized carbons (Fsp3) is 0.188. The van der Waals surface area contributed by atoms with Gasteiger partial charge in [-0.05, 0) is 28.9 Å². The average molecular weight is 427 g/mol. The monoisotopic (exact) mass is 425 g/mol. The molecule has 1 amide bonds. The van der Waals surface area contributed by atoms with Crippen LogP contribution >= 0.6 is 27.5 Å². The molecular weight excluding hydrogens is 413 g/mol. The van der Waals surface area contributed by atoms with Crippen LogP contribution in [0.5, 0.6) is 0 Å². The lowest BCUT2D eigenvalue weighted by Crippen LogP contribution is -2.18. The lowest BCUT2D eigenvalue weighted by atomic mass is 10.2. The first kappa shape index (κ1) is 17.6. The number of rotatable bonds is 5. The molecule has 0 saturated carbocycles. The Morgan fingerprint density at radius 1 is 1.40 bits per heavy atom. The van der Waals surface area contributed by atoms with Crippen LogP contribution in [0.1, 0.15) is 23.0 Å². The summed E-state index contributed by atoms with van der Waals surface area (Å²) in [5.41, 5.74) is 0.766. The van der Waals surface area contributed by atoms with E-state index in [0.29, 0.717) is 22.4 Å². The first-order chi connectivity index (χ1) is 12.0. The molecule has 25 heavy (non-hydrogen) atoms. The highest BCUT2D eigenvalue weighted by molar-refractivity contribution is 9.10. The van der Waals surface area contributed by atoms with E-state index in [1.807, 2.05) is 6.92 Å². The molecule has 9 heteroatoms. The van der Waals surface area contributed by atoms with Crippen LogP contribution in [0.15, 0.2) is 41.1 Å². The van der Waals surface area contributed by atoms with Gasteiger partial charge in [0.1, 0.15) is 11.5 Å². The lowest BCUT2D eigenvalue weighted by molar-refractivity contribution is 0.101. The van der Waals surface area contributed by atoms with Crippen molar-refractivity contribution in [2.75, 3.05) is 5.32 Å². The summed E-state index contributed by atoms with van der Waals surface area (Å²) in [7, 11) is 0. The Hall–Kier alpha value is -2.19. The van der Waals surface area contributed by atoms with Gasteiger partial charge in [-0.1, -0.05) is 29.8 Å². The van der Waals surface area contributed by atoms with Gasteiger partial charge < -0.3 is 5.32 Å². The Morgan fingerprint density at radius 3 is 2.88 bits per heavy atom. The van der Waals surface area contributed by atoms with Crippen molar-refractivity contribution >= 4 is 39.3 Å². The minimum Gasteiger partial charge on any atom is -0.303 e. The fourth-order valence-electron chi connectivity index (χ4n) is 2.36. The molecule has 0 bridgehead atoms. The Bertz CT molecular complexity index is 923. The molecule has 0 fully saturated rings. The van der Waals surface area contributed by atoms with Crippen molar-refractivity contribution in [3.63, 3.8) is 0 Å². The number of halogens is 3. The van der Waals surface area contributed by atoms with E-state index >= 15 is 0 Å². The van der Waals surface area contributed by atoms with Crippen LogP contribution in [0.2, 0.25) is 5.02 Å². The zero-order valence-electron chi connectivity index (χ0n) is 13.2. The van der Waals surface area contributed by atoms with Crippen molar-refractivity contribution in [3.05, 3.63) is 63.2 Å². The maximum Gasteiger partial charge on any atom is 0.276 e. The summed E-state index contributed by atoms with van der Waals surface area (Å²) in [6.07, 6.45) is 3.09. The predicted octanol–water partition coefficient (Wildman–Crippen LogP) is 3.96. The Balaban J connectivity index is 1.80. The summed E-state index contributed by atoms with van der Waals surface area (Å²) in [6.45, 7) is 2.62. The van der Waals surface area contributed by atoms with Crippen molar-refractivity contribution in [1.29, 1.82) is 0 Å². The standard InChI is InChI=1S/C16H14BrClFN5O/c1-2-24-14(12(18)7-20-24)16(25)21-15-11(17)9-23(22-15)8-10-5-3-4-6-13(10)19/h3-7,9H,2,8H2,1H3,(H,21,22,25). The summed E-state index contributed by atoms with van der Waals surface area (Å²) >= 11 is 9.38. The number of anilines is 1. The molecule has 130 valence electrons. The van der Waals surface area contributed by atoms with Gasteiger partial charge in [0.2, 0.25) is 0 Å². The third-order valence-electron chi connectivity index (χ3n) is 3.55. The quantitative estimate of drug-likeness (QED) is 0.672. The van der Waals surface area contributed by atoms with Crippen LogP contribution in [-0.2, 0) is 13.1 Å². The van der Waals surface area contributed by atoms with E-state index in [0.717, 1.165) is 0 Å². The van der Waals surface area contributed by atoms with Gasteiger partial charge in [0.05, 0.1) is 22.2 Å². The van der Waals surface area contributed by atoms with Gasteiger partial charge in [0, 0.05) is 18.3 Å². The van der Waals surface area contributed by atoms with E-state index < -0.39 is 5.91 Å². The number of benzene rings is 1. The maximum atomic E-state index is 13.8. The van der Waals surface area contributed by atoms with Crippen LogP contribution in [0, 0.1) is 5.82 Å². The molecule has 6 nitrogen and oxygen atoms in total. The molecule has 1 N–H and O–H groups in total. The maximum absolute atomic E-state index is 13.8. The second-order valence-corrected chi connectivity index (χ2v) is 6.49. The first-order valence-corrected chi connectivity index (χ1v) is 8.65. The number of carbonyl (C=O) groups is 1. The van der Waals surface area contributed by atoms with E-state index in [4.69, 9.17) is 11.6 Å². The molecule has 0 aliphatic carbocycles. The molecule has 0 spiro atoms. The predicted molar refractivity (Wildman–Crippen MR) is 96.3 cm³/mol. The largest absolute Gasteiger partial charge is 0.303 e. The number of nitrogens with zero attached hydrogens (tertiary/aromatic N) is 4. The normalized spacial score (nSPS) is 10.9. The number of hydrogen-bond acceptors (Lipinski definition) is 3. The van der Waals surface area contributed by atoms with Crippen LogP contribution in [-0.4, -0.2) is 25.5 Å². The molecule has 3 rings (SSSR count). The first-order valence-electron chi connectivity index (χ1n) is 7.48. The highest BCUT2D eigenvalue weighted by Crippen LogP contribution is 2.23. The van der Waals surface area contributed by atoms with Crippen LogP contribution in [0.25, 0.3) is 0 Å². The molecule has 2 aromatic heterocycles. The summed E-state index contributed by atoms with van der Waals surface area (Å²) < 4.78 is 17.4. The summed E-state index contributed by atoms with van der Waals surface area (Å²) in [5, 5.41) is 11.3. The van der Waals surface area contributed by atoms with Crippen molar-refractivity contribution in [2.45, 2.75) is 20.0 Å². The molecule has 0 aliphatic heterocycles. The van der Waals surface area contributed by atoms with Gasteiger partial charge in [-0.2, -0.15) is 10.2 Å². The van der Waals surface area contributed by atoms with Crippen molar-refractivity contribution in [1.82, 2.24) is 19.6 Å². The molecule has 0 aliphatic rings. The van der Waals surface area contributed by atoms with Gasteiger partial charge in [-0.3, -0.25) is 14.2 Å². The van der Waals surface area contributed by atoms with E-state index in [9.17, 15) is 9.18 Å². The van der Waals surface area contributed by atoms with Crippen molar-refractivity contribution in [2.24, 2.45) is 0 Å². The molecular formula is C16H14BrClFN5O. The Kier molecular flexibility index (Phi) is 5.19. The Labute approximate surface area is 156 Å². The van der Waals surface area contributed by atoms with E-state index in [1.165, 1.54) is 21.6 Å². The van der Waals surface area contributed by atoms with Gasteiger partial charge in [0.25, 0.3) is 5.91 Å². The van der Waals surface area contributed by atoms with Gasteiger partial charge in [-0.25, -0.2) is 4.39 Å². The average Bonchev–Trinajstić information content (AvgIpc) is 3.12. The SMILES string of the molecule is CCn1ncc(Cl)c1C(=O)Nc1nn(Cc2ccccc2F)cc1Br. The van der Waals surface area contributed by atoms with Crippen molar-refractivity contribution in [3.8, 4) is 0 Å². The highest BCUT2D eigenvalue weighted by Gasteiger charge is 2.19. The third-order valence-corrected chi connectivity index (χ3v) is 4.41. The van der Waals surface area contributed by atoms with Gasteiger partial charge in [0.15, 0.2) is 5.82 Å². The summed E-state index contributed by atoms with van der Waals surface area (Å²) in [5.74, 6) is -0.402. The number of nitrogens with one attached hydrogen (secondary N) is 1. The molecule has 3 aromatic rings. The van der Waals surface area contributed by atoms with Gasteiger partial charge in [-0.15, -0.1) is 0 Å². The van der Waals surface area contributed by atoms with Crippen molar-refractivity contribution < 1.29 is 9.18 Å². The number of amides is 1. The number of hydrogen-bond donors (Lipinski definition) is 1. The fourth-order valence-corrected chi connectivity index (χ4v) is 3.00. The topological polar surface area (TPSA) is 64.7 Å². The zero-order chi connectivity index (χ0) is 18.0.